The van der Waals surface area contributed by atoms with Crippen molar-refractivity contribution in [2.45, 2.75) is 0 Å². The zero-order valence-electron chi connectivity index (χ0n) is 10.9. The summed E-state index contributed by atoms with van der Waals surface area (Å²) in [4.78, 5) is 15.1. The number of amides is 1. The predicted molar refractivity (Wildman–Crippen MR) is 75.4 cm³/mol. The summed E-state index contributed by atoms with van der Waals surface area (Å²) in [6.07, 6.45) is 1.69. The van der Waals surface area contributed by atoms with E-state index in [2.05, 4.69) is 10.3 Å². The van der Waals surface area contributed by atoms with E-state index in [-0.39, 0.29) is 11.3 Å². The van der Waals surface area contributed by atoms with E-state index in [1.165, 1.54) is 7.11 Å². The Hall–Kier alpha value is -3.00. The molecule has 1 heterocycles. The molecule has 2 aromatic rings. The minimum Gasteiger partial charge on any atom is -0.493 e. The fourth-order valence-electron chi connectivity index (χ4n) is 1.74. The van der Waals surface area contributed by atoms with E-state index in [4.69, 9.17) is 4.74 Å². The van der Waals surface area contributed by atoms with Crippen molar-refractivity contribution in [3.8, 4) is 6.07 Å². The summed E-state index contributed by atoms with van der Waals surface area (Å²) < 4.78 is 5.17. The van der Waals surface area contributed by atoms with Gasteiger partial charge in [0.15, 0.2) is 11.3 Å². The minimum absolute atomic E-state index is 0.0844. The third-order valence-electron chi connectivity index (χ3n) is 2.64. The van der Waals surface area contributed by atoms with Crippen LogP contribution < -0.4 is 5.32 Å². The molecular formula is C15H13N3O2. The number of rotatable bonds is 4. The highest BCUT2D eigenvalue weighted by molar-refractivity contribution is 6.10. The highest BCUT2D eigenvalue weighted by atomic mass is 16.5. The predicted octanol–water partition coefficient (Wildman–Crippen LogP) is 2.53. The molecule has 5 nitrogen and oxygen atoms in total. The van der Waals surface area contributed by atoms with Crippen LogP contribution in [0.3, 0.4) is 0 Å². The summed E-state index contributed by atoms with van der Waals surface area (Å²) in [5.41, 5.74) is 1.11. The summed E-state index contributed by atoms with van der Waals surface area (Å²) in [5, 5.41) is 11.9. The van der Waals surface area contributed by atoms with Gasteiger partial charge < -0.3 is 15.0 Å². The zero-order chi connectivity index (χ0) is 14.4. The molecule has 2 N–H and O–H groups in total. The summed E-state index contributed by atoms with van der Waals surface area (Å²) in [7, 11) is 1.42. The summed E-state index contributed by atoms with van der Waals surface area (Å²) in [6.45, 7) is 0. The first-order valence-corrected chi connectivity index (χ1v) is 5.94. The Bertz CT molecular complexity index is 652. The van der Waals surface area contributed by atoms with E-state index >= 15 is 0 Å². The molecule has 0 aliphatic carbocycles. The largest absolute Gasteiger partial charge is 0.493 e. The normalized spacial score (nSPS) is 11.2. The third-order valence-corrected chi connectivity index (χ3v) is 2.64. The van der Waals surface area contributed by atoms with Crippen LogP contribution in [0.1, 0.15) is 5.69 Å². The number of benzene rings is 1. The first-order valence-electron chi connectivity index (χ1n) is 5.94. The number of nitrogens with one attached hydrogen (secondary N) is 2. The summed E-state index contributed by atoms with van der Waals surface area (Å²) >= 11 is 0. The van der Waals surface area contributed by atoms with Crippen LogP contribution in [-0.2, 0) is 9.53 Å². The minimum atomic E-state index is -0.509. The molecule has 1 aromatic heterocycles. The number of methoxy groups -OCH3 is 1. The monoisotopic (exact) mass is 267 g/mol. The lowest BCUT2D eigenvalue weighted by atomic mass is 10.2. The average molecular weight is 267 g/mol. The second-order valence-corrected chi connectivity index (χ2v) is 3.92. The van der Waals surface area contributed by atoms with Gasteiger partial charge in [-0.3, -0.25) is 4.79 Å². The molecule has 0 aliphatic heterocycles. The van der Waals surface area contributed by atoms with Gasteiger partial charge in [0.05, 0.1) is 12.8 Å². The molecule has 20 heavy (non-hydrogen) atoms. The maximum Gasteiger partial charge on any atom is 0.270 e. The quantitative estimate of drug-likeness (QED) is 0.507. The number of hydrogen-bond donors (Lipinski definition) is 2. The van der Waals surface area contributed by atoms with Crippen LogP contribution >= 0.6 is 0 Å². The van der Waals surface area contributed by atoms with Crippen molar-refractivity contribution in [2.75, 3.05) is 12.4 Å². The lowest BCUT2D eigenvalue weighted by molar-refractivity contribution is -0.112. The molecule has 1 aromatic carbocycles. The maximum absolute atomic E-state index is 12.2. The van der Waals surface area contributed by atoms with Gasteiger partial charge in [-0.05, 0) is 24.3 Å². The van der Waals surface area contributed by atoms with Crippen LogP contribution in [0.25, 0.3) is 5.76 Å². The van der Waals surface area contributed by atoms with E-state index in [0.717, 1.165) is 0 Å². The standard InChI is InChI=1S/C15H13N3O2/c1-20-14(13-8-5-9-17-13)12(10-16)15(19)18-11-6-3-2-4-7-11/h2-9,17H,1H3,(H,18,19). The molecule has 0 spiro atoms. The van der Waals surface area contributed by atoms with Crippen molar-refractivity contribution in [1.82, 2.24) is 4.98 Å². The molecule has 0 unspecified atom stereocenters. The van der Waals surface area contributed by atoms with Crippen LogP contribution in [0.5, 0.6) is 0 Å². The van der Waals surface area contributed by atoms with E-state index in [1.807, 2.05) is 12.1 Å². The van der Waals surface area contributed by atoms with Gasteiger partial charge >= 0.3 is 0 Å². The lowest BCUT2D eigenvalue weighted by Crippen LogP contribution is -2.15. The number of carbonyl (C=O) groups excluding carboxylic acids is 1. The number of nitrogens with zero attached hydrogens (tertiary/aromatic N) is 1. The van der Waals surface area contributed by atoms with Gasteiger partial charge in [-0.1, -0.05) is 18.2 Å². The number of ether oxygens (including phenoxy) is 1. The first kappa shape index (κ1) is 13.4. The van der Waals surface area contributed by atoms with Crippen molar-refractivity contribution in [3.05, 3.63) is 59.9 Å². The summed E-state index contributed by atoms with van der Waals surface area (Å²) in [6, 6.07) is 14.3. The van der Waals surface area contributed by atoms with E-state index in [1.54, 1.807) is 42.6 Å². The Balaban J connectivity index is 2.32. The molecule has 0 bridgehead atoms. The Kier molecular flexibility index (Phi) is 4.20. The Labute approximate surface area is 116 Å². The van der Waals surface area contributed by atoms with E-state index in [0.29, 0.717) is 11.4 Å². The van der Waals surface area contributed by atoms with E-state index in [9.17, 15) is 10.1 Å². The number of carbonyl (C=O) groups is 1. The first-order chi connectivity index (χ1) is 9.76. The molecule has 0 fully saturated rings. The van der Waals surface area contributed by atoms with Crippen molar-refractivity contribution < 1.29 is 9.53 Å². The van der Waals surface area contributed by atoms with Gasteiger partial charge in [-0.2, -0.15) is 5.26 Å². The number of H-pyrrole nitrogens is 1. The fourth-order valence-corrected chi connectivity index (χ4v) is 1.74. The SMILES string of the molecule is COC(=C(C#N)C(=O)Nc1ccccc1)c1ccc[nH]1. The van der Waals surface area contributed by atoms with Crippen molar-refractivity contribution in [2.24, 2.45) is 0 Å². The molecule has 0 aliphatic rings. The molecule has 2 rings (SSSR count). The average Bonchev–Trinajstić information content (AvgIpc) is 2.99. The van der Waals surface area contributed by atoms with Gasteiger partial charge in [0.1, 0.15) is 6.07 Å². The van der Waals surface area contributed by atoms with E-state index < -0.39 is 5.91 Å². The lowest BCUT2D eigenvalue weighted by Gasteiger charge is -2.08. The van der Waals surface area contributed by atoms with Crippen LogP contribution in [0.4, 0.5) is 5.69 Å². The zero-order valence-corrected chi connectivity index (χ0v) is 10.9. The molecule has 0 saturated heterocycles. The number of hydrogen-bond acceptors (Lipinski definition) is 3. The van der Waals surface area contributed by atoms with Crippen molar-refractivity contribution in [3.63, 3.8) is 0 Å². The number of aromatic amines is 1. The summed E-state index contributed by atoms with van der Waals surface area (Å²) in [5.74, 6) is -0.295. The molecule has 100 valence electrons. The van der Waals surface area contributed by atoms with Gasteiger partial charge in [0, 0.05) is 11.9 Å². The molecule has 0 radical (unpaired) electrons. The van der Waals surface area contributed by atoms with Crippen LogP contribution in [0, 0.1) is 11.3 Å². The maximum atomic E-state index is 12.2. The fraction of sp³-hybridized carbons (Fsp3) is 0.0667. The Morgan fingerprint density at radius 3 is 2.55 bits per heavy atom. The van der Waals surface area contributed by atoms with Gasteiger partial charge in [0.2, 0.25) is 0 Å². The smallest absolute Gasteiger partial charge is 0.270 e. The number of nitriles is 1. The van der Waals surface area contributed by atoms with Crippen molar-refractivity contribution in [1.29, 1.82) is 5.26 Å². The Morgan fingerprint density at radius 1 is 1.25 bits per heavy atom. The second-order valence-electron chi connectivity index (χ2n) is 3.92. The number of para-hydroxylation sites is 1. The topological polar surface area (TPSA) is 77.9 Å². The second kappa shape index (κ2) is 6.25. The molecule has 0 saturated carbocycles. The van der Waals surface area contributed by atoms with Gasteiger partial charge in [0.25, 0.3) is 5.91 Å². The number of anilines is 1. The van der Waals surface area contributed by atoms with Crippen LogP contribution in [0.15, 0.2) is 54.2 Å². The third kappa shape index (κ3) is 2.87. The molecule has 5 heteroatoms. The number of aromatic nitrogens is 1. The van der Waals surface area contributed by atoms with Gasteiger partial charge in [-0.25, -0.2) is 0 Å². The van der Waals surface area contributed by atoms with Gasteiger partial charge in [-0.15, -0.1) is 0 Å². The highest BCUT2D eigenvalue weighted by Gasteiger charge is 2.18. The van der Waals surface area contributed by atoms with Crippen LogP contribution in [0.2, 0.25) is 0 Å². The molecular weight excluding hydrogens is 254 g/mol. The molecule has 1 amide bonds. The van der Waals surface area contributed by atoms with Crippen LogP contribution in [-0.4, -0.2) is 18.0 Å². The van der Waals surface area contributed by atoms with Crippen molar-refractivity contribution >= 4 is 17.4 Å². The Morgan fingerprint density at radius 2 is 2.00 bits per heavy atom. The highest BCUT2D eigenvalue weighted by Crippen LogP contribution is 2.19. The molecule has 0 atom stereocenters.